The molecule has 4 atom stereocenters. The number of hydrogen-bond acceptors (Lipinski definition) is 7. The molecule has 2 aliphatic rings. The summed E-state index contributed by atoms with van der Waals surface area (Å²) >= 11 is 6.30. The minimum atomic E-state index is -0.710. The Morgan fingerprint density at radius 1 is 1.14 bits per heavy atom. The maximum Gasteiger partial charge on any atom is 0.164 e. The molecule has 1 aliphatic heterocycles. The smallest absolute Gasteiger partial charge is 0.164 e. The first-order valence-corrected chi connectivity index (χ1v) is 12.0. The van der Waals surface area contributed by atoms with Crippen LogP contribution in [0.3, 0.4) is 0 Å². The summed E-state index contributed by atoms with van der Waals surface area (Å²) in [6.45, 7) is 5.91. The molecule has 1 N–H and O–H groups in total. The topological polar surface area (TPSA) is 83.3 Å². The van der Waals surface area contributed by atoms with Crippen molar-refractivity contribution in [3.63, 3.8) is 0 Å². The summed E-state index contributed by atoms with van der Waals surface area (Å²) in [5.74, 6) is 0.850. The molecule has 0 amide bonds. The largest absolute Gasteiger partial charge is 0.486 e. The predicted octanol–water partition coefficient (Wildman–Crippen LogP) is 5.14. The summed E-state index contributed by atoms with van der Waals surface area (Å²) in [7, 11) is 1.86. The third kappa shape index (κ3) is 3.82. The highest BCUT2D eigenvalue weighted by molar-refractivity contribution is 6.33. The van der Waals surface area contributed by atoms with Crippen molar-refractivity contribution in [2.75, 3.05) is 12.4 Å². The lowest BCUT2D eigenvalue weighted by atomic mass is 10.1. The Hall–Kier alpha value is -3.20. The maximum atomic E-state index is 6.41. The minimum Gasteiger partial charge on any atom is -0.486 e. The van der Waals surface area contributed by atoms with Crippen LogP contribution in [-0.4, -0.2) is 50.7 Å². The van der Waals surface area contributed by atoms with E-state index in [1.54, 1.807) is 0 Å². The summed E-state index contributed by atoms with van der Waals surface area (Å²) in [6, 6.07) is 11.8. The van der Waals surface area contributed by atoms with Gasteiger partial charge in [-0.25, -0.2) is 15.0 Å². The van der Waals surface area contributed by atoms with Crippen LogP contribution in [-0.2, 0) is 9.47 Å². The zero-order chi connectivity index (χ0) is 24.3. The van der Waals surface area contributed by atoms with E-state index in [1.807, 2.05) is 70.4 Å². The van der Waals surface area contributed by atoms with E-state index in [2.05, 4.69) is 30.9 Å². The van der Waals surface area contributed by atoms with Crippen molar-refractivity contribution in [1.29, 1.82) is 0 Å². The fourth-order valence-corrected chi connectivity index (χ4v) is 5.24. The van der Waals surface area contributed by atoms with Crippen molar-refractivity contribution in [1.82, 2.24) is 19.5 Å². The van der Waals surface area contributed by atoms with E-state index < -0.39 is 5.79 Å². The Balaban J connectivity index is 1.34. The van der Waals surface area contributed by atoms with Crippen LogP contribution in [0.1, 0.15) is 26.8 Å². The van der Waals surface area contributed by atoms with Gasteiger partial charge in [0.2, 0.25) is 0 Å². The lowest BCUT2D eigenvalue weighted by Gasteiger charge is -2.23. The van der Waals surface area contributed by atoms with Crippen molar-refractivity contribution in [3.05, 3.63) is 65.7 Å². The van der Waals surface area contributed by atoms with Crippen molar-refractivity contribution in [2.24, 2.45) is 0 Å². The normalized spacial score (nSPS) is 23.9. The van der Waals surface area contributed by atoms with Crippen LogP contribution in [0.25, 0.3) is 21.9 Å². The number of nitrogens with zero attached hydrogens (tertiary/aromatic N) is 4. The van der Waals surface area contributed by atoms with Gasteiger partial charge in [-0.05, 0) is 56.7 Å². The van der Waals surface area contributed by atoms with E-state index in [4.69, 9.17) is 25.8 Å². The molecule has 0 spiro atoms. The Morgan fingerprint density at radius 3 is 2.80 bits per heavy atom. The van der Waals surface area contributed by atoms with Gasteiger partial charge < -0.3 is 24.1 Å². The van der Waals surface area contributed by atoms with Crippen molar-refractivity contribution >= 4 is 39.4 Å². The number of ether oxygens (including phenoxy) is 3. The minimum absolute atomic E-state index is 0.122. The van der Waals surface area contributed by atoms with E-state index in [1.165, 1.54) is 6.33 Å². The molecule has 9 heteroatoms. The van der Waals surface area contributed by atoms with Crippen molar-refractivity contribution in [3.8, 4) is 5.75 Å². The van der Waals surface area contributed by atoms with Gasteiger partial charge in [0.1, 0.15) is 47.0 Å². The van der Waals surface area contributed by atoms with Gasteiger partial charge in [-0.15, -0.1) is 0 Å². The number of halogens is 1. The Kier molecular flexibility index (Phi) is 5.21. The molecule has 180 valence electrons. The fourth-order valence-electron chi connectivity index (χ4n) is 5.05. The Labute approximate surface area is 207 Å². The zero-order valence-corrected chi connectivity index (χ0v) is 20.7. The summed E-state index contributed by atoms with van der Waals surface area (Å²) in [6.07, 6.45) is 4.92. The highest BCUT2D eigenvalue weighted by Gasteiger charge is 2.52. The number of benzene rings is 1. The average Bonchev–Trinajstić information content (AvgIpc) is 3.49. The third-order valence-corrected chi connectivity index (χ3v) is 6.94. The molecular weight excluding hydrogens is 466 g/mol. The highest BCUT2D eigenvalue weighted by Crippen LogP contribution is 2.45. The molecule has 0 radical (unpaired) electrons. The van der Waals surface area contributed by atoms with Gasteiger partial charge in [-0.3, -0.25) is 0 Å². The van der Waals surface area contributed by atoms with Gasteiger partial charge in [0.05, 0.1) is 16.9 Å². The SMILES string of the molecule is CNc1ccc2ccc(OC(C)C3=C[C@@H](n4ccc5c(Cl)ncnc54)[C@@H]4OC(C)(C)O[C@H]34)cc2n1. The molecule has 35 heavy (non-hydrogen) atoms. The van der Waals surface area contributed by atoms with Crippen LogP contribution in [0.2, 0.25) is 5.15 Å². The van der Waals surface area contributed by atoms with E-state index in [0.717, 1.165) is 39.1 Å². The molecule has 4 heterocycles. The molecule has 1 unspecified atom stereocenters. The number of rotatable bonds is 5. The van der Waals surface area contributed by atoms with Crippen LogP contribution in [0.15, 0.2) is 60.6 Å². The molecule has 1 aromatic carbocycles. The van der Waals surface area contributed by atoms with Crippen LogP contribution in [0, 0.1) is 0 Å². The maximum absolute atomic E-state index is 6.41. The molecule has 1 aliphatic carbocycles. The summed E-state index contributed by atoms with van der Waals surface area (Å²) in [5.41, 5.74) is 2.66. The summed E-state index contributed by atoms with van der Waals surface area (Å²) in [4.78, 5) is 13.2. The molecule has 4 aromatic rings. The second kappa shape index (κ2) is 8.19. The lowest BCUT2D eigenvalue weighted by Crippen LogP contribution is -2.30. The average molecular weight is 492 g/mol. The molecule has 6 rings (SSSR count). The van der Waals surface area contributed by atoms with E-state index in [0.29, 0.717) is 5.15 Å². The fraction of sp³-hybridized carbons (Fsp3) is 0.346. The lowest BCUT2D eigenvalue weighted by molar-refractivity contribution is -0.148. The van der Waals surface area contributed by atoms with E-state index in [9.17, 15) is 0 Å². The second-order valence-corrected chi connectivity index (χ2v) is 9.72. The Bertz CT molecular complexity index is 1470. The van der Waals surface area contributed by atoms with Crippen molar-refractivity contribution < 1.29 is 14.2 Å². The quantitative estimate of drug-likeness (QED) is 0.305. The highest BCUT2D eigenvalue weighted by atomic mass is 35.5. The van der Waals surface area contributed by atoms with Gasteiger partial charge in [0.15, 0.2) is 5.79 Å². The molecule has 1 fully saturated rings. The Morgan fingerprint density at radius 2 is 1.97 bits per heavy atom. The van der Waals surface area contributed by atoms with Crippen molar-refractivity contribution in [2.45, 2.75) is 50.9 Å². The third-order valence-electron chi connectivity index (χ3n) is 6.64. The van der Waals surface area contributed by atoms with Gasteiger partial charge >= 0.3 is 0 Å². The molecule has 1 saturated heterocycles. The first-order chi connectivity index (χ1) is 16.8. The molecule has 8 nitrogen and oxygen atoms in total. The number of fused-ring (bicyclic) bond motifs is 3. The summed E-state index contributed by atoms with van der Waals surface area (Å²) in [5, 5.41) is 5.37. The van der Waals surface area contributed by atoms with Crippen LogP contribution in [0.5, 0.6) is 5.75 Å². The standard InChI is InChI=1S/C26H26ClN5O3/c1-14(33-16-7-5-15-6-8-21(28-4)31-19(15)11-16)18-12-20(23-22(18)34-26(2,3)35-23)32-10-9-17-24(27)29-13-30-25(17)32/h5-14,20,22-23H,1-4H3,(H,28,31)/t14?,20-,22-,23+/m1/s1. The zero-order valence-electron chi connectivity index (χ0n) is 19.9. The first-order valence-electron chi connectivity index (χ1n) is 11.6. The number of anilines is 1. The summed E-state index contributed by atoms with van der Waals surface area (Å²) < 4.78 is 21.2. The van der Waals surface area contributed by atoms with Gasteiger partial charge in [0.25, 0.3) is 0 Å². The molecule has 0 saturated carbocycles. The number of hydrogen-bond donors (Lipinski definition) is 1. The number of pyridine rings is 1. The molecule has 0 bridgehead atoms. The number of aromatic nitrogens is 4. The van der Waals surface area contributed by atoms with Crippen LogP contribution >= 0.6 is 11.6 Å². The van der Waals surface area contributed by atoms with Crippen LogP contribution < -0.4 is 10.1 Å². The predicted molar refractivity (Wildman–Crippen MR) is 135 cm³/mol. The second-order valence-electron chi connectivity index (χ2n) is 9.36. The van der Waals surface area contributed by atoms with E-state index >= 15 is 0 Å². The van der Waals surface area contributed by atoms with Gasteiger partial charge in [-0.2, -0.15) is 0 Å². The van der Waals surface area contributed by atoms with Gasteiger partial charge in [0, 0.05) is 24.7 Å². The van der Waals surface area contributed by atoms with Gasteiger partial charge in [-0.1, -0.05) is 17.7 Å². The molecule has 3 aromatic heterocycles. The molecular formula is C26H26ClN5O3. The van der Waals surface area contributed by atoms with E-state index in [-0.39, 0.29) is 24.4 Å². The first kappa shape index (κ1) is 22.3. The number of nitrogens with one attached hydrogen (secondary N) is 1. The monoisotopic (exact) mass is 491 g/mol. The van der Waals surface area contributed by atoms with Crippen LogP contribution in [0.4, 0.5) is 5.82 Å².